The van der Waals surface area contributed by atoms with Crippen molar-refractivity contribution >= 4 is 6.15 Å². The third kappa shape index (κ3) is 269. The average Bonchev–Trinajstić information content (AvgIpc) is 1.27. The zero-order valence-electron chi connectivity index (χ0n) is 5.82. The molecule has 0 aliphatic carbocycles. The molecule has 2 heteroatoms. The van der Waals surface area contributed by atoms with Crippen molar-refractivity contribution in [2.45, 2.75) is 27.7 Å². The van der Waals surface area contributed by atoms with Crippen molar-refractivity contribution in [3.63, 3.8) is 0 Å². The number of carbonyl (C=O) groups excluding carboxylic acids is 2. The van der Waals surface area contributed by atoms with Crippen LogP contribution in [0.5, 0.6) is 0 Å². The number of hydrogen-bond donors (Lipinski definition) is 0. The van der Waals surface area contributed by atoms with Gasteiger partial charge in [-0.15, -0.1) is 0 Å². The average molecular weight is 116 g/mol. The summed E-state index contributed by atoms with van der Waals surface area (Å²) >= 11 is 0. The second-order valence-corrected chi connectivity index (χ2v) is 3.08. The minimum atomic E-state index is 0.250. The van der Waals surface area contributed by atoms with Gasteiger partial charge in [0.15, 0.2) is 0 Å². The van der Waals surface area contributed by atoms with E-state index in [0.717, 1.165) is 0 Å². The van der Waals surface area contributed by atoms with Crippen molar-refractivity contribution in [1.82, 2.24) is 0 Å². The second-order valence-electron chi connectivity index (χ2n) is 3.08. The zero-order valence-corrected chi connectivity index (χ0v) is 5.82. The van der Waals surface area contributed by atoms with Gasteiger partial charge < -0.3 is 0 Å². The zero-order chi connectivity index (χ0) is 7.21. The van der Waals surface area contributed by atoms with E-state index in [0.29, 0.717) is 5.41 Å². The van der Waals surface area contributed by atoms with Crippen molar-refractivity contribution in [3.05, 3.63) is 0 Å². The number of rotatable bonds is 0. The van der Waals surface area contributed by atoms with Gasteiger partial charge in [0, 0.05) is 0 Å². The molecular formula is C6H12O2. The van der Waals surface area contributed by atoms with Gasteiger partial charge in [-0.1, -0.05) is 27.7 Å². The molecule has 0 saturated carbocycles. The summed E-state index contributed by atoms with van der Waals surface area (Å²) < 4.78 is 0. The summed E-state index contributed by atoms with van der Waals surface area (Å²) in [5.74, 6) is 0. The molecule has 0 unspecified atom stereocenters. The predicted molar refractivity (Wildman–Crippen MR) is 30.1 cm³/mol. The molecule has 0 radical (unpaired) electrons. The molecule has 0 aliphatic heterocycles. The fraction of sp³-hybridized carbons (Fsp3) is 0.833. The predicted octanol–water partition coefficient (Wildman–Crippen LogP) is 1.47. The SMILES string of the molecule is CC(C)(C)C.O=C=O. The summed E-state index contributed by atoms with van der Waals surface area (Å²) in [5.41, 5.74) is 0.500. The largest absolute Gasteiger partial charge is 0.373 e. The van der Waals surface area contributed by atoms with Crippen LogP contribution < -0.4 is 0 Å². The minimum Gasteiger partial charge on any atom is -0.186 e. The summed E-state index contributed by atoms with van der Waals surface area (Å²) in [5, 5.41) is 0. The van der Waals surface area contributed by atoms with Gasteiger partial charge in [0.05, 0.1) is 0 Å². The van der Waals surface area contributed by atoms with E-state index < -0.39 is 0 Å². The van der Waals surface area contributed by atoms with Crippen LogP contribution in [0.3, 0.4) is 0 Å². The topological polar surface area (TPSA) is 34.1 Å². The van der Waals surface area contributed by atoms with Crippen molar-refractivity contribution < 1.29 is 9.59 Å². The normalized spacial score (nSPS) is 8.50. The first-order valence-electron chi connectivity index (χ1n) is 2.41. The van der Waals surface area contributed by atoms with Gasteiger partial charge in [0.25, 0.3) is 0 Å². The summed E-state index contributed by atoms with van der Waals surface area (Å²) in [6.45, 7) is 8.75. The molecule has 0 aromatic rings. The van der Waals surface area contributed by atoms with E-state index in [4.69, 9.17) is 9.59 Å². The molecule has 0 amide bonds. The smallest absolute Gasteiger partial charge is 0.186 e. The first-order chi connectivity index (χ1) is 3.41. The van der Waals surface area contributed by atoms with Crippen LogP contribution in [0.4, 0.5) is 0 Å². The van der Waals surface area contributed by atoms with Crippen LogP contribution in [0.1, 0.15) is 27.7 Å². The van der Waals surface area contributed by atoms with Gasteiger partial charge in [-0.3, -0.25) is 0 Å². The van der Waals surface area contributed by atoms with Crippen LogP contribution in [0.25, 0.3) is 0 Å². The van der Waals surface area contributed by atoms with Gasteiger partial charge in [-0.05, 0) is 5.41 Å². The van der Waals surface area contributed by atoms with E-state index in [1.54, 1.807) is 0 Å². The Hall–Kier alpha value is -0.620. The van der Waals surface area contributed by atoms with E-state index >= 15 is 0 Å². The maximum absolute atomic E-state index is 8.12. The quantitative estimate of drug-likeness (QED) is 0.480. The maximum Gasteiger partial charge on any atom is 0.373 e. The van der Waals surface area contributed by atoms with Gasteiger partial charge in [-0.25, -0.2) is 0 Å². The Balaban J connectivity index is 0. The summed E-state index contributed by atoms with van der Waals surface area (Å²) in [4.78, 5) is 16.2. The maximum atomic E-state index is 8.12. The van der Waals surface area contributed by atoms with Crippen LogP contribution in [0, 0.1) is 5.41 Å². The molecule has 8 heavy (non-hydrogen) atoms. The molecule has 0 bridgehead atoms. The van der Waals surface area contributed by atoms with Crippen LogP contribution in [0.2, 0.25) is 0 Å². The standard InChI is InChI=1S/C5H12.CO2/c1-5(2,3)4;2-1-3/h1-4H3;. The Morgan fingerprint density at radius 1 is 1.00 bits per heavy atom. The molecule has 0 atom stereocenters. The lowest BCUT2D eigenvalue weighted by molar-refractivity contribution is -0.191. The Bertz CT molecular complexity index is 67.0. The first-order valence-corrected chi connectivity index (χ1v) is 2.41. The summed E-state index contributed by atoms with van der Waals surface area (Å²) in [7, 11) is 0. The first kappa shape index (κ1) is 10.4. The Morgan fingerprint density at radius 3 is 1.00 bits per heavy atom. The molecule has 2 nitrogen and oxygen atoms in total. The van der Waals surface area contributed by atoms with Gasteiger partial charge in [0.2, 0.25) is 0 Å². The molecule has 0 aromatic carbocycles. The molecule has 0 rings (SSSR count). The molecular weight excluding hydrogens is 104 g/mol. The summed E-state index contributed by atoms with van der Waals surface area (Å²) in [6, 6.07) is 0. The van der Waals surface area contributed by atoms with Crippen molar-refractivity contribution in [1.29, 1.82) is 0 Å². The molecule has 0 aliphatic rings. The second kappa shape index (κ2) is 4.54. The van der Waals surface area contributed by atoms with Crippen molar-refractivity contribution in [2.24, 2.45) is 5.41 Å². The van der Waals surface area contributed by atoms with E-state index in [1.807, 2.05) is 0 Å². The monoisotopic (exact) mass is 116 g/mol. The highest BCUT2D eigenvalue weighted by Crippen LogP contribution is 2.07. The van der Waals surface area contributed by atoms with Crippen LogP contribution in [-0.2, 0) is 9.59 Å². The highest BCUT2D eigenvalue weighted by molar-refractivity contribution is 5.20. The molecule has 48 valence electrons. The van der Waals surface area contributed by atoms with E-state index in [-0.39, 0.29) is 6.15 Å². The number of hydrogen-bond acceptors (Lipinski definition) is 2. The minimum absolute atomic E-state index is 0.250. The van der Waals surface area contributed by atoms with Gasteiger partial charge in [0.1, 0.15) is 0 Å². The van der Waals surface area contributed by atoms with Crippen LogP contribution in [0.15, 0.2) is 0 Å². The molecule has 0 aromatic heterocycles. The fourth-order valence-electron chi connectivity index (χ4n) is 0. The Labute approximate surface area is 49.9 Å². The Morgan fingerprint density at radius 2 is 1.00 bits per heavy atom. The molecule has 0 N–H and O–H groups in total. The van der Waals surface area contributed by atoms with Crippen LogP contribution >= 0.6 is 0 Å². The van der Waals surface area contributed by atoms with Crippen LogP contribution in [-0.4, -0.2) is 6.15 Å². The molecule has 0 saturated heterocycles. The summed E-state index contributed by atoms with van der Waals surface area (Å²) in [6.07, 6.45) is 0.250. The van der Waals surface area contributed by atoms with Crippen molar-refractivity contribution in [2.75, 3.05) is 0 Å². The highest BCUT2D eigenvalue weighted by atomic mass is 16.2. The van der Waals surface area contributed by atoms with Gasteiger partial charge >= 0.3 is 6.15 Å². The lowest BCUT2D eigenvalue weighted by atomic mass is 10.0. The van der Waals surface area contributed by atoms with E-state index in [2.05, 4.69) is 27.7 Å². The lowest BCUT2D eigenvalue weighted by Crippen LogP contribution is -1.93. The van der Waals surface area contributed by atoms with Crippen molar-refractivity contribution in [3.8, 4) is 0 Å². The molecule has 0 heterocycles. The van der Waals surface area contributed by atoms with E-state index in [9.17, 15) is 0 Å². The third-order valence-corrected chi connectivity index (χ3v) is 0. The lowest BCUT2D eigenvalue weighted by Gasteiger charge is -2.05. The molecule has 0 spiro atoms. The third-order valence-electron chi connectivity index (χ3n) is 0. The highest BCUT2D eigenvalue weighted by Gasteiger charge is 1.95. The Kier molecular flexibility index (Phi) is 5.89. The molecule has 0 fully saturated rings. The van der Waals surface area contributed by atoms with Gasteiger partial charge in [-0.2, -0.15) is 9.59 Å². The fourth-order valence-corrected chi connectivity index (χ4v) is 0. The van der Waals surface area contributed by atoms with E-state index in [1.165, 1.54) is 0 Å².